The summed E-state index contributed by atoms with van der Waals surface area (Å²) in [7, 11) is 1.48. The molecule has 39 heavy (non-hydrogen) atoms. The molecule has 0 saturated carbocycles. The van der Waals surface area contributed by atoms with Crippen molar-refractivity contribution in [2.24, 2.45) is 0 Å². The summed E-state index contributed by atoms with van der Waals surface area (Å²) in [5, 5.41) is 11.4. The van der Waals surface area contributed by atoms with Crippen LogP contribution in [-0.2, 0) is 0 Å². The Morgan fingerprint density at radius 2 is 1.82 bits per heavy atom. The van der Waals surface area contributed by atoms with Crippen molar-refractivity contribution in [3.63, 3.8) is 0 Å². The smallest absolute Gasteiger partial charge is 0.417 e. The molecule has 0 aliphatic carbocycles. The number of aromatic nitrogens is 5. The fourth-order valence-corrected chi connectivity index (χ4v) is 4.49. The van der Waals surface area contributed by atoms with Gasteiger partial charge in [-0.3, -0.25) is 15.2 Å². The Kier molecular flexibility index (Phi) is 6.14. The summed E-state index contributed by atoms with van der Waals surface area (Å²) in [6.45, 7) is 0. The highest BCUT2D eigenvalue weighted by atomic mass is 35.5. The van der Waals surface area contributed by atoms with E-state index in [0.717, 1.165) is 27.6 Å². The Labute approximate surface area is 225 Å². The number of methoxy groups -OCH3 is 1. The van der Waals surface area contributed by atoms with Gasteiger partial charge in [0.05, 0.1) is 35.7 Å². The van der Waals surface area contributed by atoms with E-state index in [9.17, 15) is 9.59 Å². The van der Waals surface area contributed by atoms with E-state index in [-0.39, 0.29) is 11.4 Å². The van der Waals surface area contributed by atoms with Gasteiger partial charge in [-0.2, -0.15) is 5.10 Å². The highest BCUT2D eigenvalue weighted by molar-refractivity contribution is 6.35. The molecule has 0 fully saturated rings. The zero-order valence-electron chi connectivity index (χ0n) is 20.4. The molecule has 10 nitrogen and oxygen atoms in total. The maximum Gasteiger partial charge on any atom is 0.417 e. The second-order valence-electron chi connectivity index (χ2n) is 8.54. The van der Waals surface area contributed by atoms with Gasteiger partial charge < -0.3 is 14.5 Å². The summed E-state index contributed by atoms with van der Waals surface area (Å²) in [6, 6.07) is 19.9. The van der Waals surface area contributed by atoms with Crippen LogP contribution < -0.4 is 20.3 Å². The van der Waals surface area contributed by atoms with Gasteiger partial charge >= 0.3 is 6.09 Å². The van der Waals surface area contributed by atoms with E-state index < -0.39 is 11.7 Å². The second-order valence-corrected chi connectivity index (χ2v) is 8.95. The topological polar surface area (TPSA) is 135 Å². The number of halogens is 1. The van der Waals surface area contributed by atoms with Crippen LogP contribution in [0.1, 0.15) is 0 Å². The van der Waals surface area contributed by atoms with Gasteiger partial charge in [0, 0.05) is 28.0 Å². The van der Waals surface area contributed by atoms with E-state index in [0.29, 0.717) is 27.6 Å². The van der Waals surface area contributed by atoms with E-state index in [4.69, 9.17) is 26.1 Å². The average Bonchev–Trinajstić information content (AvgIpc) is 3.43. The lowest BCUT2D eigenvalue weighted by molar-refractivity contribution is 0.215. The molecule has 0 spiro atoms. The lowest BCUT2D eigenvalue weighted by atomic mass is 9.97. The maximum atomic E-state index is 12.8. The van der Waals surface area contributed by atoms with Crippen LogP contribution in [0, 0.1) is 0 Å². The van der Waals surface area contributed by atoms with Gasteiger partial charge in [0.15, 0.2) is 5.75 Å². The van der Waals surface area contributed by atoms with Crippen LogP contribution in [0.25, 0.3) is 44.3 Å². The molecule has 0 aliphatic heterocycles. The zero-order chi connectivity index (χ0) is 26.9. The zero-order valence-corrected chi connectivity index (χ0v) is 21.1. The quantitative estimate of drug-likeness (QED) is 0.252. The number of nitrogens with one attached hydrogen (secondary N) is 3. The number of benzene rings is 2. The van der Waals surface area contributed by atoms with E-state index in [1.54, 1.807) is 18.3 Å². The number of H-pyrrole nitrogens is 2. The first kappa shape index (κ1) is 24.1. The molecular weight excluding hydrogens is 520 g/mol. The first-order valence-electron chi connectivity index (χ1n) is 11.7. The van der Waals surface area contributed by atoms with Gasteiger partial charge in [-0.15, -0.1) is 0 Å². The predicted molar refractivity (Wildman–Crippen MR) is 148 cm³/mol. The summed E-state index contributed by atoms with van der Waals surface area (Å²) < 4.78 is 10.2. The molecule has 0 saturated heterocycles. The molecule has 4 heterocycles. The number of aromatic amines is 2. The number of amides is 1. The molecule has 3 N–H and O–H groups in total. The first-order valence-corrected chi connectivity index (χ1v) is 12.1. The lowest BCUT2D eigenvalue weighted by Crippen LogP contribution is -2.22. The summed E-state index contributed by atoms with van der Waals surface area (Å²) in [5.74, 6) is 0.564. The average molecular weight is 539 g/mol. The minimum Gasteiger partial charge on any atom is -0.481 e. The predicted octanol–water partition coefficient (Wildman–Crippen LogP) is 5.80. The van der Waals surface area contributed by atoms with Crippen molar-refractivity contribution < 1.29 is 14.3 Å². The summed E-state index contributed by atoms with van der Waals surface area (Å²) >= 11 is 6.54. The number of rotatable bonds is 5. The fraction of sp³-hybridized carbons (Fsp3) is 0.0357. The van der Waals surface area contributed by atoms with Gasteiger partial charge in [-0.05, 0) is 35.9 Å². The van der Waals surface area contributed by atoms with Crippen molar-refractivity contribution in [3.8, 4) is 34.0 Å². The SMILES string of the molecule is COc1ccc(OC(=O)Nc2cc3cc(-c4cc(Cl)c5[nH]ncc5c4)c(-c4ccccc4)nc3[nH]c2=O)cn1. The Morgan fingerprint density at radius 1 is 0.974 bits per heavy atom. The van der Waals surface area contributed by atoms with Crippen LogP contribution in [0.15, 0.2) is 83.9 Å². The molecule has 0 atom stereocenters. The number of carbonyl (C=O) groups is 1. The molecule has 0 bridgehead atoms. The highest BCUT2D eigenvalue weighted by Gasteiger charge is 2.16. The Morgan fingerprint density at radius 3 is 2.59 bits per heavy atom. The highest BCUT2D eigenvalue weighted by Crippen LogP contribution is 2.36. The molecule has 11 heteroatoms. The van der Waals surface area contributed by atoms with Crippen LogP contribution in [0.4, 0.5) is 10.5 Å². The van der Waals surface area contributed by atoms with E-state index in [2.05, 4.69) is 25.5 Å². The van der Waals surface area contributed by atoms with Crippen LogP contribution in [0.2, 0.25) is 5.02 Å². The number of pyridine rings is 3. The van der Waals surface area contributed by atoms with E-state index in [1.807, 2.05) is 48.5 Å². The Hall–Kier alpha value is -5.22. The standard InChI is InChI=1S/C28H19ClN6O4/c1-38-23-8-7-19(14-30-23)39-28(37)32-22-12-17-10-20(16-9-18-13-31-35-25(18)21(29)11-16)24(15-5-3-2-4-6-15)33-26(17)34-27(22)36/h2-14H,1H3,(H,31,35)(H,32,37)(H,33,34,36). The van der Waals surface area contributed by atoms with Gasteiger partial charge in [-0.25, -0.2) is 14.8 Å². The molecule has 1 amide bonds. The molecule has 0 radical (unpaired) electrons. The third-order valence-electron chi connectivity index (χ3n) is 6.05. The van der Waals surface area contributed by atoms with E-state index >= 15 is 0 Å². The number of ether oxygens (including phenoxy) is 2. The van der Waals surface area contributed by atoms with Crippen molar-refractivity contribution in [1.29, 1.82) is 0 Å². The van der Waals surface area contributed by atoms with Gasteiger partial charge in [0.25, 0.3) is 5.56 Å². The van der Waals surface area contributed by atoms with Crippen molar-refractivity contribution in [2.45, 2.75) is 0 Å². The largest absolute Gasteiger partial charge is 0.481 e. The normalized spacial score (nSPS) is 11.0. The Bertz CT molecular complexity index is 1900. The van der Waals surface area contributed by atoms with Crippen LogP contribution in [-0.4, -0.2) is 38.4 Å². The molecule has 0 aliphatic rings. The second kappa shape index (κ2) is 9.92. The number of hydrogen-bond donors (Lipinski definition) is 3. The van der Waals surface area contributed by atoms with Crippen LogP contribution >= 0.6 is 11.6 Å². The number of carbonyl (C=O) groups excluding carboxylic acids is 1. The molecule has 6 aromatic rings. The number of nitrogens with zero attached hydrogens (tertiary/aromatic N) is 3. The van der Waals surface area contributed by atoms with Crippen molar-refractivity contribution in [3.05, 3.63) is 94.5 Å². The molecule has 192 valence electrons. The Balaban J connectivity index is 1.42. The lowest BCUT2D eigenvalue weighted by Gasteiger charge is -2.13. The van der Waals surface area contributed by atoms with Crippen molar-refractivity contribution in [1.82, 2.24) is 25.1 Å². The first-order chi connectivity index (χ1) is 19.0. The minimum absolute atomic E-state index is 0.00231. The van der Waals surface area contributed by atoms with Gasteiger partial charge in [0.1, 0.15) is 11.3 Å². The summed E-state index contributed by atoms with van der Waals surface area (Å²) in [4.78, 5) is 36.9. The number of anilines is 1. The monoisotopic (exact) mass is 538 g/mol. The molecular formula is C28H19ClN6O4. The summed E-state index contributed by atoms with van der Waals surface area (Å²) in [6.07, 6.45) is 2.19. The molecule has 2 aromatic carbocycles. The van der Waals surface area contributed by atoms with Crippen molar-refractivity contribution >= 4 is 45.3 Å². The minimum atomic E-state index is -0.849. The third-order valence-corrected chi connectivity index (χ3v) is 6.35. The fourth-order valence-electron chi connectivity index (χ4n) is 4.22. The van der Waals surface area contributed by atoms with Crippen LogP contribution in [0.3, 0.4) is 0 Å². The number of hydrogen-bond acceptors (Lipinski definition) is 7. The maximum absolute atomic E-state index is 12.8. The van der Waals surface area contributed by atoms with Crippen molar-refractivity contribution in [2.75, 3.05) is 12.4 Å². The number of fused-ring (bicyclic) bond motifs is 2. The van der Waals surface area contributed by atoms with Gasteiger partial charge in [-0.1, -0.05) is 41.9 Å². The summed E-state index contributed by atoms with van der Waals surface area (Å²) in [5.41, 5.74) is 3.67. The van der Waals surface area contributed by atoms with Crippen LogP contribution in [0.5, 0.6) is 11.6 Å². The molecule has 4 aromatic heterocycles. The van der Waals surface area contributed by atoms with Gasteiger partial charge in [0.2, 0.25) is 5.88 Å². The molecule has 0 unspecified atom stereocenters. The van der Waals surface area contributed by atoms with E-state index in [1.165, 1.54) is 19.4 Å². The third kappa shape index (κ3) is 4.76. The molecule has 6 rings (SSSR count).